The van der Waals surface area contributed by atoms with E-state index in [9.17, 15) is 9.18 Å². The lowest BCUT2D eigenvalue weighted by atomic mass is 10.2. The van der Waals surface area contributed by atoms with Crippen LogP contribution in [-0.4, -0.2) is 5.91 Å². The van der Waals surface area contributed by atoms with Crippen LogP contribution in [0, 0.1) is 5.82 Å². The first kappa shape index (κ1) is 12.6. The van der Waals surface area contributed by atoms with Crippen molar-refractivity contribution in [3.05, 3.63) is 59.4 Å². The molecule has 2 nitrogen and oxygen atoms in total. The topological polar surface area (TPSA) is 20.3 Å². The Balaban J connectivity index is 2.58. The van der Waals surface area contributed by atoms with E-state index < -0.39 is 5.82 Å². The molecule has 0 N–H and O–H groups in total. The minimum absolute atomic E-state index is 0.193. The van der Waals surface area contributed by atoms with Gasteiger partial charge in [-0.1, -0.05) is 35.9 Å². The number of carbonyl (C=O) groups excluding carboxylic acids is 1. The summed E-state index contributed by atoms with van der Waals surface area (Å²) >= 11 is 6.05. The Morgan fingerprint density at radius 3 is 2.17 bits per heavy atom. The third-order valence-corrected chi connectivity index (χ3v) is 2.82. The number of hydrogen-bond donors (Lipinski definition) is 0. The van der Waals surface area contributed by atoms with E-state index in [1.54, 1.807) is 42.5 Å². The number of halogens is 2. The van der Waals surface area contributed by atoms with Crippen molar-refractivity contribution in [1.82, 2.24) is 0 Å². The molecule has 92 valence electrons. The van der Waals surface area contributed by atoms with Gasteiger partial charge in [0.2, 0.25) is 5.91 Å². The van der Waals surface area contributed by atoms with Crippen LogP contribution in [0.2, 0.25) is 5.02 Å². The second-order valence-electron chi connectivity index (χ2n) is 3.76. The smallest absolute Gasteiger partial charge is 0.228 e. The summed E-state index contributed by atoms with van der Waals surface area (Å²) in [5, 5.41) is 0.399. The van der Waals surface area contributed by atoms with Gasteiger partial charge in [0, 0.05) is 6.92 Å². The molecule has 2 aromatic carbocycles. The van der Waals surface area contributed by atoms with E-state index in [1.165, 1.54) is 17.9 Å². The van der Waals surface area contributed by atoms with Gasteiger partial charge < -0.3 is 0 Å². The van der Waals surface area contributed by atoms with Gasteiger partial charge in [0.25, 0.3) is 0 Å². The largest absolute Gasteiger partial charge is 0.277 e. The first-order valence-corrected chi connectivity index (χ1v) is 5.79. The second-order valence-corrected chi connectivity index (χ2v) is 4.16. The predicted molar refractivity (Wildman–Crippen MR) is 70.7 cm³/mol. The molecule has 0 fully saturated rings. The standard InChI is InChI=1S/C14H11ClFNO/c1-10(18)17(13-8-4-2-6-11(13)15)14-9-5-3-7-12(14)16/h2-9H,1H3. The number of para-hydroxylation sites is 2. The number of benzene rings is 2. The molecule has 18 heavy (non-hydrogen) atoms. The van der Waals surface area contributed by atoms with Gasteiger partial charge in [0.15, 0.2) is 0 Å². The highest BCUT2D eigenvalue weighted by Crippen LogP contribution is 2.33. The van der Waals surface area contributed by atoms with Crippen molar-refractivity contribution < 1.29 is 9.18 Å². The molecular weight excluding hydrogens is 253 g/mol. The minimum Gasteiger partial charge on any atom is -0.277 e. The Morgan fingerprint density at radius 2 is 1.61 bits per heavy atom. The fourth-order valence-corrected chi connectivity index (χ4v) is 1.96. The zero-order valence-corrected chi connectivity index (χ0v) is 10.5. The van der Waals surface area contributed by atoms with Crippen LogP contribution in [0.5, 0.6) is 0 Å². The molecule has 0 atom stereocenters. The van der Waals surface area contributed by atoms with Crippen molar-refractivity contribution in [1.29, 1.82) is 0 Å². The molecule has 0 aromatic heterocycles. The van der Waals surface area contributed by atoms with E-state index in [2.05, 4.69) is 0 Å². The molecule has 0 aliphatic carbocycles. The van der Waals surface area contributed by atoms with Crippen molar-refractivity contribution in [2.45, 2.75) is 6.92 Å². The number of anilines is 2. The van der Waals surface area contributed by atoms with Gasteiger partial charge in [-0.05, 0) is 24.3 Å². The quantitative estimate of drug-likeness (QED) is 0.797. The van der Waals surface area contributed by atoms with Gasteiger partial charge in [-0.2, -0.15) is 0 Å². The van der Waals surface area contributed by atoms with Crippen LogP contribution in [0.3, 0.4) is 0 Å². The molecule has 0 aliphatic heterocycles. The third kappa shape index (κ3) is 2.36. The van der Waals surface area contributed by atoms with Crippen molar-refractivity contribution in [2.24, 2.45) is 0 Å². The summed E-state index contributed by atoms with van der Waals surface area (Å²) in [6.45, 7) is 1.37. The zero-order valence-electron chi connectivity index (χ0n) is 9.73. The number of hydrogen-bond acceptors (Lipinski definition) is 1. The number of amides is 1. The fraction of sp³-hybridized carbons (Fsp3) is 0.0714. The lowest BCUT2D eigenvalue weighted by molar-refractivity contribution is -0.115. The van der Waals surface area contributed by atoms with E-state index in [0.29, 0.717) is 10.7 Å². The molecule has 0 aliphatic rings. The normalized spacial score (nSPS) is 10.2. The number of carbonyl (C=O) groups is 1. The van der Waals surface area contributed by atoms with E-state index in [-0.39, 0.29) is 11.6 Å². The highest BCUT2D eigenvalue weighted by molar-refractivity contribution is 6.34. The van der Waals surface area contributed by atoms with Gasteiger partial charge >= 0.3 is 0 Å². The van der Waals surface area contributed by atoms with Crippen LogP contribution in [-0.2, 0) is 4.79 Å². The Hall–Kier alpha value is -1.87. The number of nitrogens with zero attached hydrogens (tertiary/aromatic N) is 1. The molecule has 1 amide bonds. The first-order chi connectivity index (χ1) is 8.61. The van der Waals surface area contributed by atoms with E-state index in [4.69, 9.17) is 11.6 Å². The summed E-state index contributed by atoms with van der Waals surface area (Å²) in [7, 11) is 0. The Labute approximate surface area is 110 Å². The molecule has 0 bridgehead atoms. The minimum atomic E-state index is -0.465. The molecule has 0 spiro atoms. The van der Waals surface area contributed by atoms with Crippen molar-refractivity contribution in [2.75, 3.05) is 4.90 Å². The Kier molecular flexibility index (Phi) is 3.63. The third-order valence-electron chi connectivity index (χ3n) is 2.50. The van der Waals surface area contributed by atoms with Crippen LogP contribution >= 0.6 is 11.6 Å². The van der Waals surface area contributed by atoms with Gasteiger partial charge in [-0.15, -0.1) is 0 Å². The van der Waals surface area contributed by atoms with Crippen LogP contribution in [0.4, 0.5) is 15.8 Å². The summed E-state index contributed by atoms with van der Waals surface area (Å²) < 4.78 is 13.8. The molecule has 0 saturated heterocycles. The average Bonchev–Trinajstić information content (AvgIpc) is 2.34. The highest BCUT2D eigenvalue weighted by Gasteiger charge is 2.19. The van der Waals surface area contributed by atoms with Crippen molar-refractivity contribution >= 4 is 28.9 Å². The Morgan fingerprint density at radius 1 is 1.06 bits per heavy atom. The van der Waals surface area contributed by atoms with Crippen LogP contribution in [0.1, 0.15) is 6.92 Å². The fourth-order valence-electron chi connectivity index (χ4n) is 1.74. The van der Waals surface area contributed by atoms with Gasteiger partial charge in [-0.25, -0.2) is 4.39 Å². The van der Waals surface area contributed by atoms with Crippen molar-refractivity contribution in [3.8, 4) is 0 Å². The maximum atomic E-state index is 13.8. The predicted octanol–water partition coefficient (Wildman–Crippen LogP) is 4.16. The van der Waals surface area contributed by atoms with Crippen LogP contribution in [0.25, 0.3) is 0 Å². The first-order valence-electron chi connectivity index (χ1n) is 5.41. The maximum absolute atomic E-state index is 13.8. The van der Waals surface area contributed by atoms with Crippen molar-refractivity contribution in [3.63, 3.8) is 0 Å². The SMILES string of the molecule is CC(=O)N(c1ccccc1F)c1ccccc1Cl. The van der Waals surface area contributed by atoms with Gasteiger partial charge in [0.05, 0.1) is 16.4 Å². The summed E-state index contributed by atoms with van der Waals surface area (Å²) in [6, 6.07) is 12.9. The molecule has 0 saturated carbocycles. The van der Waals surface area contributed by atoms with Crippen LogP contribution < -0.4 is 4.90 Å². The summed E-state index contributed by atoms with van der Waals surface area (Å²) in [4.78, 5) is 13.0. The number of rotatable bonds is 2. The molecule has 0 unspecified atom stereocenters. The van der Waals surface area contributed by atoms with Gasteiger partial charge in [-0.3, -0.25) is 9.69 Å². The molecular formula is C14H11ClFNO. The van der Waals surface area contributed by atoms with Crippen LogP contribution in [0.15, 0.2) is 48.5 Å². The summed E-state index contributed by atoms with van der Waals surface area (Å²) in [6.07, 6.45) is 0. The van der Waals surface area contributed by atoms with E-state index >= 15 is 0 Å². The zero-order chi connectivity index (χ0) is 13.1. The maximum Gasteiger partial charge on any atom is 0.228 e. The van der Waals surface area contributed by atoms with E-state index in [0.717, 1.165) is 0 Å². The summed E-state index contributed by atoms with van der Waals surface area (Å²) in [5.74, 6) is -0.763. The molecule has 2 rings (SSSR count). The summed E-state index contributed by atoms with van der Waals surface area (Å²) in [5.41, 5.74) is 0.662. The second kappa shape index (κ2) is 5.19. The van der Waals surface area contributed by atoms with E-state index in [1.807, 2.05) is 0 Å². The van der Waals surface area contributed by atoms with Gasteiger partial charge in [0.1, 0.15) is 5.82 Å². The monoisotopic (exact) mass is 263 g/mol. The molecule has 0 heterocycles. The highest BCUT2D eigenvalue weighted by atomic mass is 35.5. The lowest BCUT2D eigenvalue weighted by Gasteiger charge is -2.22. The average molecular weight is 264 g/mol. The Bertz CT molecular complexity index is 540. The molecule has 4 heteroatoms. The lowest BCUT2D eigenvalue weighted by Crippen LogP contribution is -2.24. The molecule has 0 radical (unpaired) electrons. The molecule has 2 aromatic rings.